The van der Waals surface area contributed by atoms with Crippen LogP contribution in [-0.4, -0.2) is 15.8 Å². The molecule has 1 aromatic heterocycles. The van der Waals surface area contributed by atoms with Crippen LogP contribution in [-0.2, 0) is 6.42 Å². The van der Waals surface area contributed by atoms with Gasteiger partial charge in [-0.3, -0.25) is 4.79 Å². The fraction of sp³-hybridized carbons (Fsp3) is 0.0909. The SMILES string of the molecule is O=C(Cc1ncc[nH]1)c1ccc(F)cc1F. The molecule has 0 aliphatic carbocycles. The molecule has 0 saturated heterocycles. The molecule has 0 aliphatic rings. The molecular weight excluding hydrogens is 214 g/mol. The third-order valence-electron chi connectivity index (χ3n) is 2.11. The summed E-state index contributed by atoms with van der Waals surface area (Å²) in [5, 5.41) is 0. The molecule has 5 heteroatoms. The summed E-state index contributed by atoms with van der Waals surface area (Å²) in [7, 11) is 0. The number of ketones is 1. The third kappa shape index (κ3) is 2.13. The Hall–Kier alpha value is -2.04. The molecule has 3 nitrogen and oxygen atoms in total. The lowest BCUT2D eigenvalue weighted by Gasteiger charge is -2.00. The van der Waals surface area contributed by atoms with E-state index in [4.69, 9.17) is 0 Å². The quantitative estimate of drug-likeness (QED) is 0.808. The molecule has 1 aromatic carbocycles. The second-order valence-electron chi connectivity index (χ2n) is 3.26. The van der Waals surface area contributed by atoms with Crippen LogP contribution in [0.25, 0.3) is 0 Å². The Morgan fingerprint density at radius 3 is 2.81 bits per heavy atom. The number of H-pyrrole nitrogens is 1. The van der Waals surface area contributed by atoms with Crippen LogP contribution in [0.1, 0.15) is 16.2 Å². The number of halogens is 2. The van der Waals surface area contributed by atoms with E-state index in [-0.39, 0.29) is 12.0 Å². The lowest BCUT2D eigenvalue weighted by atomic mass is 10.1. The van der Waals surface area contributed by atoms with Gasteiger partial charge >= 0.3 is 0 Å². The van der Waals surface area contributed by atoms with Gasteiger partial charge in [-0.2, -0.15) is 0 Å². The van der Waals surface area contributed by atoms with Crippen LogP contribution >= 0.6 is 0 Å². The van der Waals surface area contributed by atoms with Crippen molar-refractivity contribution in [2.45, 2.75) is 6.42 Å². The van der Waals surface area contributed by atoms with E-state index < -0.39 is 17.4 Å². The number of aromatic nitrogens is 2. The molecule has 16 heavy (non-hydrogen) atoms. The van der Waals surface area contributed by atoms with E-state index in [1.54, 1.807) is 6.20 Å². The highest BCUT2D eigenvalue weighted by atomic mass is 19.1. The Kier molecular flexibility index (Phi) is 2.76. The summed E-state index contributed by atoms with van der Waals surface area (Å²) in [6, 6.07) is 2.88. The van der Waals surface area contributed by atoms with Gasteiger partial charge in [0.05, 0.1) is 12.0 Å². The van der Waals surface area contributed by atoms with Crippen molar-refractivity contribution in [3.8, 4) is 0 Å². The van der Waals surface area contributed by atoms with Crippen LogP contribution in [0.15, 0.2) is 30.6 Å². The van der Waals surface area contributed by atoms with Crippen molar-refractivity contribution in [1.82, 2.24) is 9.97 Å². The maximum Gasteiger partial charge on any atom is 0.173 e. The number of hydrogen-bond donors (Lipinski definition) is 1. The van der Waals surface area contributed by atoms with Crippen molar-refractivity contribution in [3.63, 3.8) is 0 Å². The van der Waals surface area contributed by atoms with Gasteiger partial charge in [0.1, 0.15) is 17.5 Å². The lowest BCUT2D eigenvalue weighted by molar-refractivity contribution is 0.0987. The van der Waals surface area contributed by atoms with Crippen molar-refractivity contribution >= 4 is 5.78 Å². The molecule has 2 rings (SSSR count). The summed E-state index contributed by atoms with van der Waals surface area (Å²) in [6.07, 6.45) is 3.04. The number of carbonyl (C=O) groups excluding carboxylic acids is 1. The normalized spacial score (nSPS) is 10.4. The van der Waals surface area contributed by atoms with Crippen LogP contribution in [0.3, 0.4) is 0 Å². The molecule has 0 amide bonds. The highest BCUT2D eigenvalue weighted by Gasteiger charge is 2.13. The predicted octanol–water partition coefficient (Wildman–Crippen LogP) is 2.11. The Bertz CT molecular complexity index is 509. The first-order valence-corrected chi connectivity index (χ1v) is 4.63. The van der Waals surface area contributed by atoms with Gasteiger partial charge in [0, 0.05) is 18.5 Å². The molecule has 1 heterocycles. The maximum absolute atomic E-state index is 13.2. The fourth-order valence-corrected chi connectivity index (χ4v) is 1.36. The van der Waals surface area contributed by atoms with E-state index in [1.807, 2.05) is 0 Å². The van der Waals surface area contributed by atoms with E-state index in [0.717, 1.165) is 12.1 Å². The smallest absolute Gasteiger partial charge is 0.173 e. The Balaban J connectivity index is 2.21. The molecule has 0 aliphatic heterocycles. The zero-order valence-electron chi connectivity index (χ0n) is 8.21. The number of benzene rings is 1. The molecule has 0 unspecified atom stereocenters. The number of carbonyl (C=O) groups is 1. The molecule has 0 fully saturated rings. The number of nitrogens with zero attached hydrogens (tertiary/aromatic N) is 1. The zero-order valence-corrected chi connectivity index (χ0v) is 8.21. The van der Waals surface area contributed by atoms with E-state index in [2.05, 4.69) is 9.97 Å². The van der Waals surface area contributed by atoms with Crippen molar-refractivity contribution < 1.29 is 13.6 Å². The number of rotatable bonds is 3. The van der Waals surface area contributed by atoms with Gasteiger partial charge < -0.3 is 4.98 Å². The summed E-state index contributed by atoms with van der Waals surface area (Å²) < 4.78 is 25.9. The molecule has 0 atom stereocenters. The van der Waals surface area contributed by atoms with E-state index in [9.17, 15) is 13.6 Å². The zero-order chi connectivity index (χ0) is 11.5. The van der Waals surface area contributed by atoms with E-state index >= 15 is 0 Å². The first-order valence-electron chi connectivity index (χ1n) is 4.63. The van der Waals surface area contributed by atoms with Crippen molar-refractivity contribution in [2.24, 2.45) is 0 Å². The molecular formula is C11H8F2N2O. The summed E-state index contributed by atoms with van der Waals surface area (Å²) in [5.74, 6) is -1.54. The minimum Gasteiger partial charge on any atom is -0.348 e. The van der Waals surface area contributed by atoms with Crippen molar-refractivity contribution in [1.29, 1.82) is 0 Å². The average Bonchev–Trinajstić information content (AvgIpc) is 2.70. The number of aromatic amines is 1. The topological polar surface area (TPSA) is 45.8 Å². The standard InChI is InChI=1S/C11H8F2N2O/c12-7-1-2-8(9(13)5-7)10(16)6-11-14-3-4-15-11/h1-5H,6H2,(H,14,15). The van der Waals surface area contributed by atoms with Crippen LogP contribution in [0.5, 0.6) is 0 Å². The molecule has 0 bridgehead atoms. The first-order chi connectivity index (χ1) is 7.66. The third-order valence-corrected chi connectivity index (χ3v) is 2.11. The minimum absolute atomic E-state index is 0.0322. The highest BCUT2D eigenvalue weighted by Crippen LogP contribution is 2.11. The monoisotopic (exact) mass is 222 g/mol. The molecule has 82 valence electrons. The van der Waals surface area contributed by atoms with Crippen molar-refractivity contribution in [3.05, 3.63) is 53.6 Å². The first kappa shape index (κ1) is 10.5. The maximum atomic E-state index is 13.2. The van der Waals surface area contributed by atoms with Gasteiger partial charge in [-0.15, -0.1) is 0 Å². The average molecular weight is 222 g/mol. The van der Waals surface area contributed by atoms with Gasteiger partial charge in [-0.1, -0.05) is 0 Å². The van der Waals surface area contributed by atoms with Crippen molar-refractivity contribution in [2.75, 3.05) is 0 Å². The summed E-state index contributed by atoms with van der Waals surface area (Å²) in [4.78, 5) is 18.2. The highest BCUT2D eigenvalue weighted by molar-refractivity contribution is 5.97. The lowest BCUT2D eigenvalue weighted by Crippen LogP contribution is -2.07. The Labute approximate surface area is 90.1 Å². The number of nitrogens with one attached hydrogen (secondary N) is 1. The summed E-state index contributed by atoms with van der Waals surface area (Å²) >= 11 is 0. The van der Waals surface area contributed by atoms with Gasteiger partial charge in [0.2, 0.25) is 0 Å². The van der Waals surface area contributed by atoms with Crippen LogP contribution in [0.2, 0.25) is 0 Å². The molecule has 0 radical (unpaired) electrons. The van der Waals surface area contributed by atoms with Gasteiger partial charge in [0.15, 0.2) is 5.78 Å². The van der Waals surface area contributed by atoms with E-state index in [1.165, 1.54) is 6.20 Å². The minimum atomic E-state index is -0.850. The van der Waals surface area contributed by atoms with E-state index in [0.29, 0.717) is 11.9 Å². The summed E-state index contributed by atoms with van der Waals surface area (Å²) in [5.41, 5.74) is -0.127. The van der Waals surface area contributed by atoms with Crippen LogP contribution in [0.4, 0.5) is 8.78 Å². The second-order valence-corrected chi connectivity index (χ2v) is 3.26. The molecule has 0 spiro atoms. The Morgan fingerprint density at radius 1 is 1.38 bits per heavy atom. The Morgan fingerprint density at radius 2 is 2.19 bits per heavy atom. The number of Topliss-reactive ketones (excluding diaryl/α,β-unsaturated/α-hetero) is 1. The van der Waals surface area contributed by atoms with Gasteiger partial charge in [-0.05, 0) is 12.1 Å². The summed E-state index contributed by atoms with van der Waals surface area (Å²) in [6.45, 7) is 0. The predicted molar refractivity (Wildman–Crippen MR) is 53.0 cm³/mol. The molecule has 1 N–H and O–H groups in total. The largest absolute Gasteiger partial charge is 0.348 e. The van der Waals surface area contributed by atoms with Crippen LogP contribution in [0, 0.1) is 11.6 Å². The van der Waals surface area contributed by atoms with Crippen LogP contribution < -0.4 is 0 Å². The van der Waals surface area contributed by atoms with Gasteiger partial charge in [-0.25, -0.2) is 13.8 Å². The number of hydrogen-bond acceptors (Lipinski definition) is 2. The second kappa shape index (κ2) is 4.22. The molecule has 0 saturated carbocycles. The fourth-order valence-electron chi connectivity index (χ4n) is 1.36. The molecule has 2 aromatic rings. The van der Waals surface area contributed by atoms with Gasteiger partial charge in [0.25, 0.3) is 0 Å². The number of imidazole rings is 1.